The van der Waals surface area contributed by atoms with Crippen LogP contribution in [0.1, 0.15) is 282 Å². The summed E-state index contributed by atoms with van der Waals surface area (Å²) >= 11 is 0. The van der Waals surface area contributed by atoms with Crippen molar-refractivity contribution in [2.24, 2.45) is 0 Å². The fourth-order valence-corrected chi connectivity index (χ4v) is 7.65. The number of rotatable bonds is 40. The molecular weight excluding hydrogens is 720 g/mol. The fraction of sp³-hybridized carbons (Fsp3) is 0.880. The third-order valence-corrected chi connectivity index (χ3v) is 11.4. The Hall–Kier alpha value is -1.06. The Morgan fingerprint density at radius 2 is 0.491 bits per heavy atom. The summed E-state index contributed by atoms with van der Waals surface area (Å²) in [5.41, 5.74) is 2.45. The molecular formula is C50H94CuN4. The minimum atomic E-state index is 0. The predicted molar refractivity (Wildman–Crippen MR) is 239 cm³/mol. The van der Waals surface area contributed by atoms with Crippen LogP contribution in [0.15, 0.2) is 12.4 Å². The number of hydrogen-bond donors (Lipinski definition) is 0. The average molecular weight is 815 g/mol. The van der Waals surface area contributed by atoms with E-state index in [-0.39, 0.29) is 17.1 Å². The van der Waals surface area contributed by atoms with E-state index in [0.29, 0.717) is 0 Å². The van der Waals surface area contributed by atoms with E-state index in [0.717, 1.165) is 37.3 Å². The van der Waals surface area contributed by atoms with E-state index >= 15 is 0 Å². The van der Waals surface area contributed by atoms with E-state index in [1.807, 2.05) is 12.4 Å². The second-order valence-electron chi connectivity index (χ2n) is 16.9. The molecule has 2 aromatic rings. The van der Waals surface area contributed by atoms with Gasteiger partial charge in [-0.05, 0) is 51.4 Å². The van der Waals surface area contributed by atoms with Crippen LogP contribution in [0.3, 0.4) is 0 Å². The van der Waals surface area contributed by atoms with Gasteiger partial charge in [-0.2, -0.15) is 0 Å². The summed E-state index contributed by atoms with van der Waals surface area (Å²) in [7, 11) is 0. The van der Waals surface area contributed by atoms with Crippen LogP contribution in [0.2, 0.25) is 0 Å². The summed E-state index contributed by atoms with van der Waals surface area (Å²) in [4.78, 5) is 18.5. The Labute approximate surface area is 355 Å². The van der Waals surface area contributed by atoms with Crippen molar-refractivity contribution < 1.29 is 17.1 Å². The number of nitrogens with zero attached hydrogens (tertiary/aromatic N) is 4. The molecule has 0 N–H and O–H groups in total. The van der Waals surface area contributed by atoms with Crippen LogP contribution in [0.25, 0.3) is 0 Å². The molecule has 0 bridgehead atoms. The van der Waals surface area contributed by atoms with Crippen molar-refractivity contribution in [2.45, 2.75) is 285 Å². The molecule has 0 fully saturated rings. The van der Waals surface area contributed by atoms with Crippen LogP contribution in [-0.2, 0) is 42.8 Å². The topological polar surface area (TPSA) is 54.0 Å². The van der Waals surface area contributed by atoms with Gasteiger partial charge in [-0.1, -0.05) is 269 Å². The molecule has 5 heteroatoms. The minimum absolute atomic E-state index is 0. The van der Waals surface area contributed by atoms with Crippen molar-refractivity contribution in [2.75, 3.05) is 0 Å². The Kier molecular flexibility index (Phi) is 43.2. The number of hydrogen-bond acceptors (Lipinski definition) is 2. The van der Waals surface area contributed by atoms with E-state index in [9.17, 15) is 0 Å². The smallest absolute Gasteiger partial charge is 0.446 e. The van der Waals surface area contributed by atoms with Gasteiger partial charge in [-0.15, -0.1) is 0 Å². The Morgan fingerprint density at radius 3 is 0.727 bits per heavy atom. The summed E-state index contributed by atoms with van der Waals surface area (Å²) in [6, 6.07) is 0. The summed E-state index contributed by atoms with van der Waals surface area (Å²) in [5.74, 6) is 2.17. The maximum Gasteiger partial charge on any atom is 2.00 e. The zero-order valence-corrected chi connectivity index (χ0v) is 38.5. The second-order valence-corrected chi connectivity index (χ2v) is 16.9. The van der Waals surface area contributed by atoms with Crippen LogP contribution in [-0.4, -0.2) is 9.97 Å². The maximum atomic E-state index is 4.73. The fourth-order valence-electron chi connectivity index (χ4n) is 7.65. The first kappa shape index (κ1) is 53.9. The van der Waals surface area contributed by atoms with Crippen molar-refractivity contribution >= 4 is 0 Å². The largest absolute Gasteiger partial charge is 2.00 e. The van der Waals surface area contributed by atoms with Crippen molar-refractivity contribution in [3.63, 3.8) is 0 Å². The first-order chi connectivity index (χ1) is 26.7. The first-order valence-corrected chi connectivity index (χ1v) is 24.7. The summed E-state index contributed by atoms with van der Waals surface area (Å²) in [6.45, 7) is 9.14. The molecule has 1 radical (unpaired) electrons. The van der Waals surface area contributed by atoms with E-state index in [1.54, 1.807) is 0 Å². The molecule has 0 unspecified atom stereocenters. The standard InChI is InChI=1S/2C25H47N2.Cu/c2*1-3-5-7-9-11-13-15-17-19-21-24-23-26-25(27-24)22-20-18-16-14-12-10-8-6-4-2;/h2*23H,3-22H2,1-2H3;/q2*-1;+2. The van der Waals surface area contributed by atoms with Gasteiger partial charge in [0.2, 0.25) is 0 Å². The molecule has 0 aliphatic carbocycles. The summed E-state index contributed by atoms with van der Waals surface area (Å²) < 4.78 is 0. The molecule has 0 saturated carbocycles. The molecule has 0 aliphatic rings. The SMILES string of the molecule is CCCCCCCCCCCc1c[n-]c(CCCCCCCCCCC)n1.CCCCCCCCCCCc1c[n-]c(CCCCCCCCCCC)n1.[Cu+2]. The summed E-state index contributed by atoms with van der Waals surface area (Å²) in [5, 5.41) is 0. The van der Waals surface area contributed by atoms with Gasteiger partial charge in [0.25, 0.3) is 0 Å². The average Bonchev–Trinajstić information content (AvgIpc) is 3.85. The number of aryl methyl sites for hydroxylation is 4. The van der Waals surface area contributed by atoms with E-state index in [2.05, 4.69) is 37.7 Å². The van der Waals surface area contributed by atoms with Crippen molar-refractivity contribution in [1.29, 1.82) is 0 Å². The van der Waals surface area contributed by atoms with Crippen molar-refractivity contribution in [1.82, 2.24) is 19.9 Å². The molecule has 0 aliphatic heterocycles. The number of unbranched alkanes of at least 4 members (excludes halogenated alkanes) is 32. The molecule has 4 nitrogen and oxygen atoms in total. The molecule has 0 atom stereocenters. The van der Waals surface area contributed by atoms with Gasteiger partial charge < -0.3 is 19.9 Å². The third kappa shape index (κ3) is 37.0. The van der Waals surface area contributed by atoms with Gasteiger partial charge in [-0.25, -0.2) is 0 Å². The Morgan fingerprint density at radius 1 is 0.291 bits per heavy atom. The molecule has 0 amide bonds. The van der Waals surface area contributed by atoms with E-state index < -0.39 is 0 Å². The Bertz CT molecular complexity index is 833. The van der Waals surface area contributed by atoms with Gasteiger partial charge >= 0.3 is 17.1 Å². The Balaban J connectivity index is 0.00000104. The van der Waals surface area contributed by atoms with Gasteiger partial charge in [0.1, 0.15) is 0 Å². The predicted octanol–water partition coefficient (Wildman–Crippen LogP) is 16.4. The molecule has 55 heavy (non-hydrogen) atoms. The van der Waals surface area contributed by atoms with Crippen molar-refractivity contribution in [3.05, 3.63) is 35.4 Å². The first-order valence-electron chi connectivity index (χ1n) is 24.7. The maximum absolute atomic E-state index is 4.73. The molecule has 2 heterocycles. The zero-order valence-electron chi connectivity index (χ0n) is 37.5. The quantitative estimate of drug-likeness (QED) is 0.0497. The summed E-state index contributed by atoms with van der Waals surface area (Å²) in [6.07, 6.45) is 58.4. The number of imidazole rings is 2. The molecule has 2 rings (SSSR count). The normalized spacial score (nSPS) is 11.1. The van der Waals surface area contributed by atoms with E-state index in [1.165, 1.54) is 243 Å². The minimum Gasteiger partial charge on any atom is -0.446 e. The molecule has 0 aromatic carbocycles. The van der Waals surface area contributed by atoms with Gasteiger partial charge in [0.05, 0.1) is 0 Å². The van der Waals surface area contributed by atoms with Crippen LogP contribution in [0.5, 0.6) is 0 Å². The molecule has 0 saturated heterocycles. The van der Waals surface area contributed by atoms with Crippen molar-refractivity contribution in [3.8, 4) is 0 Å². The van der Waals surface area contributed by atoms with E-state index in [4.69, 9.17) is 9.97 Å². The van der Waals surface area contributed by atoms with Crippen LogP contribution in [0, 0.1) is 0 Å². The zero-order chi connectivity index (χ0) is 38.8. The number of aromatic nitrogens is 4. The van der Waals surface area contributed by atoms with Gasteiger partial charge in [0.15, 0.2) is 0 Å². The van der Waals surface area contributed by atoms with Gasteiger partial charge in [-0.3, -0.25) is 0 Å². The van der Waals surface area contributed by atoms with Crippen LogP contribution >= 0.6 is 0 Å². The molecule has 325 valence electrons. The van der Waals surface area contributed by atoms with Crippen LogP contribution < -0.4 is 9.97 Å². The molecule has 2 aromatic heterocycles. The monoisotopic (exact) mass is 814 g/mol. The van der Waals surface area contributed by atoms with Crippen LogP contribution in [0.4, 0.5) is 0 Å². The molecule has 0 spiro atoms. The second kappa shape index (κ2) is 44.1. The van der Waals surface area contributed by atoms with Gasteiger partial charge in [0, 0.05) is 0 Å². The third-order valence-electron chi connectivity index (χ3n) is 11.4.